The van der Waals surface area contributed by atoms with E-state index in [1.165, 1.54) is 45.8 Å². The first-order chi connectivity index (χ1) is 20.3. The summed E-state index contributed by atoms with van der Waals surface area (Å²) in [5.74, 6) is -5.21. The van der Waals surface area contributed by atoms with Crippen molar-refractivity contribution in [3.05, 3.63) is 28.9 Å². The summed E-state index contributed by atoms with van der Waals surface area (Å²) in [6.07, 6.45) is -3.59. The maximum Gasteiger partial charge on any atom is 0.379 e. The van der Waals surface area contributed by atoms with E-state index in [1.54, 1.807) is 18.2 Å². The molecule has 2 aromatic rings. The van der Waals surface area contributed by atoms with Crippen LogP contribution in [0.2, 0.25) is 0 Å². The van der Waals surface area contributed by atoms with Crippen molar-refractivity contribution in [3.63, 3.8) is 0 Å². The monoisotopic (exact) mass is 670 g/mol. The highest BCUT2D eigenvalue weighted by atomic mass is 79.9. The quantitative estimate of drug-likeness (QED) is 0.274. The number of nitrogens with one attached hydrogen (secondary N) is 1. The summed E-state index contributed by atoms with van der Waals surface area (Å²) in [5, 5.41) is 3.23. The molecular weight excluding hydrogens is 636 g/mol. The molecule has 1 aromatic heterocycles. The Morgan fingerprint density at radius 1 is 1.09 bits per heavy atom. The predicted octanol–water partition coefficient (Wildman–Crippen LogP) is 2.13. The molecule has 1 N–H and O–H groups in total. The van der Waals surface area contributed by atoms with E-state index < -0.39 is 66.7 Å². The van der Waals surface area contributed by atoms with E-state index in [1.807, 2.05) is 0 Å². The number of esters is 3. The van der Waals surface area contributed by atoms with Crippen molar-refractivity contribution >= 4 is 56.6 Å². The number of halogens is 1. The average Bonchev–Trinajstić information content (AvgIpc) is 3.29. The highest BCUT2D eigenvalue weighted by Gasteiger charge is 2.59. The van der Waals surface area contributed by atoms with Crippen molar-refractivity contribution in [1.29, 1.82) is 0 Å². The second-order valence-electron chi connectivity index (χ2n) is 9.83. The zero-order valence-electron chi connectivity index (χ0n) is 24.8. The van der Waals surface area contributed by atoms with Gasteiger partial charge >= 0.3 is 23.7 Å². The Morgan fingerprint density at radius 2 is 1.79 bits per heavy atom. The number of carbonyl (C=O) groups is 5. The van der Waals surface area contributed by atoms with Crippen LogP contribution in [-0.2, 0) is 47.6 Å². The third kappa shape index (κ3) is 7.71. The zero-order chi connectivity index (χ0) is 32.1. The van der Waals surface area contributed by atoms with Crippen LogP contribution in [0.25, 0.3) is 10.9 Å². The number of hydrogen-bond donors (Lipinski definition) is 1. The van der Waals surface area contributed by atoms with Crippen LogP contribution in [0.4, 0.5) is 0 Å². The van der Waals surface area contributed by atoms with Crippen LogP contribution in [0.1, 0.15) is 38.9 Å². The molecule has 0 saturated carbocycles. The van der Waals surface area contributed by atoms with Crippen LogP contribution >= 0.6 is 15.9 Å². The first-order valence-corrected chi connectivity index (χ1v) is 14.0. The van der Waals surface area contributed by atoms with Gasteiger partial charge in [0.2, 0.25) is 11.8 Å². The maximum absolute atomic E-state index is 13.6. The van der Waals surface area contributed by atoms with Gasteiger partial charge in [0.05, 0.1) is 37.4 Å². The van der Waals surface area contributed by atoms with E-state index in [2.05, 4.69) is 21.2 Å². The lowest BCUT2D eigenvalue weighted by Crippen LogP contribution is -2.69. The molecule has 0 aliphatic carbocycles. The second kappa shape index (κ2) is 14.3. The lowest BCUT2D eigenvalue weighted by molar-refractivity contribution is -0.290. The maximum atomic E-state index is 13.6. The Morgan fingerprint density at radius 3 is 2.33 bits per heavy atom. The van der Waals surface area contributed by atoms with Gasteiger partial charge in [-0.15, -0.1) is 0 Å². The fraction of sp³-hybridized carbons (Fsp3) is 0.536. The molecule has 0 spiro atoms. The minimum atomic E-state index is -2.22. The van der Waals surface area contributed by atoms with Crippen molar-refractivity contribution in [2.45, 2.75) is 70.4 Å². The Labute approximate surface area is 256 Å². The van der Waals surface area contributed by atoms with Crippen molar-refractivity contribution in [2.75, 3.05) is 27.9 Å². The molecule has 6 atom stereocenters. The predicted molar refractivity (Wildman–Crippen MR) is 152 cm³/mol. The van der Waals surface area contributed by atoms with Crippen LogP contribution in [0.15, 0.2) is 28.9 Å². The molecule has 0 unspecified atom stereocenters. The van der Waals surface area contributed by atoms with Gasteiger partial charge in [-0.3, -0.25) is 23.7 Å². The molecule has 1 amide bonds. The molecule has 1 saturated heterocycles. The average molecular weight is 671 g/mol. The van der Waals surface area contributed by atoms with E-state index in [0.29, 0.717) is 15.4 Å². The molecular formula is C28H35BrN2O12. The van der Waals surface area contributed by atoms with E-state index in [4.69, 9.17) is 33.2 Å². The number of hydrogen-bond acceptors (Lipinski definition) is 12. The molecule has 0 radical (unpaired) electrons. The van der Waals surface area contributed by atoms with E-state index >= 15 is 0 Å². The lowest BCUT2D eigenvalue weighted by Gasteiger charge is -2.48. The van der Waals surface area contributed by atoms with Gasteiger partial charge in [0.15, 0.2) is 6.10 Å². The van der Waals surface area contributed by atoms with Gasteiger partial charge in [0.25, 0.3) is 0 Å². The van der Waals surface area contributed by atoms with Crippen LogP contribution < -0.4 is 10.1 Å². The fourth-order valence-electron chi connectivity index (χ4n) is 5.05. The molecule has 15 heteroatoms. The van der Waals surface area contributed by atoms with E-state index in [0.717, 1.165) is 14.0 Å². The van der Waals surface area contributed by atoms with Gasteiger partial charge in [-0.1, -0.05) is 15.9 Å². The van der Waals surface area contributed by atoms with Crippen LogP contribution in [0, 0.1) is 0 Å². The largest absolute Gasteiger partial charge is 0.464 e. The SMILES string of the molecule is COC(=O)[C@@]1(Oc2cn(C(C)=O)c3ccc(Br)cc23)C[C@H](OC)[C@@H](NC(C)=O)[C@H]([C@H](OC)[C@@H](COC(C)=O)OC(C)=O)O1. The number of aromatic nitrogens is 1. The molecule has 14 nitrogen and oxygen atoms in total. The van der Waals surface area contributed by atoms with Crippen LogP contribution in [0.5, 0.6) is 5.75 Å². The number of carbonyl (C=O) groups excluding carboxylic acids is 5. The van der Waals surface area contributed by atoms with Crippen LogP contribution in [0.3, 0.4) is 0 Å². The highest BCUT2D eigenvalue weighted by Crippen LogP contribution is 2.40. The third-order valence-corrected chi connectivity index (χ3v) is 7.29. The summed E-state index contributed by atoms with van der Waals surface area (Å²) in [5.41, 5.74) is 0.503. The van der Waals surface area contributed by atoms with Gasteiger partial charge in [-0.05, 0) is 18.2 Å². The van der Waals surface area contributed by atoms with Crippen LogP contribution in [-0.4, -0.2) is 98.5 Å². The van der Waals surface area contributed by atoms with Gasteiger partial charge < -0.3 is 38.5 Å². The number of fused-ring (bicyclic) bond motifs is 1. The molecule has 1 aliphatic rings. The van der Waals surface area contributed by atoms with Gasteiger partial charge in [0.1, 0.15) is 24.6 Å². The Bertz CT molecular complexity index is 1380. The zero-order valence-corrected chi connectivity index (χ0v) is 26.4. The summed E-state index contributed by atoms with van der Waals surface area (Å²) >= 11 is 3.42. The first-order valence-electron chi connectivity index (χ1n) is 13.2. The van der Waals surface area contributed by atoms with Crippen molar-refractivity contribution in [1.82, 2.24) is 9.88 Å². The van der Waals surface area contributed by atoms with Crippen molar-refractivity contribution < 1.29 is 57.1 Å². The standard InChI is InChI=1S/C28H35BrN2O12/c1-14(32)30-24-21(37-5)11-28(27(36)39-7,42-22-12-31(15(2)33)20-9-8-18(29)10-19(20)22)43-26(24)25(38-6)23(41-17(4)35)13-40-16(3)34/h8-10,12,21,23-26H,11,13H2,1-7H3,(H,30,32)/t21-,23+,24+,25+,26+,28+/m0/s1. The van der Waals surface area contributed by atoms with Gasteiger partial charge in [-0.2, -0.15) is 0 Å². The fourth-order valence-corrected chi connectivity index (χ4v) is 5.41. The summed E-state index contributed by atoms with van der Waals surface area (Å²) in [7, 11) is 3.80. The molecule has 1 aliphatic heterocycles. The highest BCUT2D eigenvalue weighted by molar-refractivity contribution is 9.10. The summed E-state index contributed by atoms with van der Waals surface area (Å²) < 4.78 is 41.8. The Hall–Kier alpha value is -3.53. The van der Waals surface area contributed by atoms with E-state index in [9.17, 15) is 24.0 Å². The smallest absolute Gasteiger partial charge is 0.379 e. The first kappa shape index (κ1) is 34.0. The van der Waals surface area contributed by atoms with E-state index in [-0.39, 0.29) is 18.1 Å². The summed E-state index contributed by atoms with van der Waals surface area (Å²) in [6.45, 7) is 4.56. The number of benzene rings is 1. The van der Waals surface area contributed by atoms with Gasteiger partial charge in [0, 0.05) is 51.8 Å². The Balaban J connectivity index is 2.20. The Kier molecular flexibility index (Phi) is 11.3. The molecule has 236 valence electrons. The number of rotatable bonds is 11. The minimum Gasteiger partial charge on any atom is -0.464 e. The number of ether oxygens (including phenoxy) is 7. The lowest BCUT2D eigenvalue weighted by atomic mass is 9.88. The topological polar surface area (TPSA) is 167 Å². The number of nitrogens with zero attached hydrogens (tertiary/aromatic N) is 1. The molecule has 1 aromatic carbocycles. The summed E-state index contributed by atoms with van der Waals surface area (Å²) in [4.78, 5) is 61.9. The minimum absolute atomic E-state index is 0.105. The molecule has 3 rings (SSSR count). The second-order valence-corrected chi connectivity index (χ2v) is 10.7. The molecule has 1 fully saturated rings. The van der Waals surface area contributed by atoms with Gasteiger partial charge in [-0.25, -0.2) is 4.79 Å². The molecule has 2 heterocycles. The molecule has 43 heavy (non-hydrogen) atoms. The third-order valence-electron chi connectivity index (χ3n) is 6.79. The number of methoxy groups -OCH3 is 3. The van der Waals surface area contributed by atoms with Crippen molar-refractivity contribution in [2.24, 2.45) is 0 Å². The number of amides is 1. The normalized spacial score (nSPS) is 23.1. The summed E-state index contributed by atoms with van der Waals surface area (Å²) in [6, 6.07) is 4.18. The van der Waals surface area contributed by atoms with Crippen molar-refractivity contribution in [3.8, 4) is 5.75 Å². The molecule has 0 bridgehead atoms.